The van der Waals surface area contributed by atoms with Crippen molar-refractivity contribution >= 4 is 28.9 Å². The summed E-state index contributed by atoms with van der Waals surface area (Å²) in [7, 11) is 0. The minimum Gasteiger partial charge on any atom is -0.477 e. The van der Waals surface area contributed by atoms with Crippen molar-refractivity contribution in [1.29, 1.82) is 0 Å². The first-order valence-corrected chi connectivity index (χ1v) is 13.5. The summed E-state index contributed by atoms with van der Waals surface area (Å²) in [5.74, 6) is 0.981. The molecule has 3 saturated carbocycles. The largest absolute Gasteiger partial charge is 0.477 e. The lowest BCUT2D eigenvalue weighted by atomic mass is 9.81. The third-order valence-corrected chi connectivity index (χ3v) is 9.51. The highest BCUT2D eigenvalue weighted by atomic mass is 32.1. The van der Waals surface area contributed by atoms with Crippen molar-refractivity contribution in [2.75, 3.05) is 4.90 Å². The summed E-state index contributed by atoms with van der Waals surface area (Å²) >= 11 is 1.39. The van der Waals surface area contributed by atoms with Crippen LogP contribution in [0.5, 0.6) is 0 Å². The molecule has 2 N–H and O–H groups in total. The van der Waals surface area contributed by atoms with E-state index in [-0.39, 0.29) is 24.0 Å². The molecular formula is C26H39NO4S. The van der Waals surface area contributed by atoms with Crippen LogP contribution in [0.15, 0.2) is 6.07 Å². The summed E-state index contributed by atoms with van der Waals surface area (Å²) in [6.45, 7) is 4.54. The number of thiophene rings is 1. The fourth-order valence-electron chi connectivity index (χ4n) is 5.99. The molecule has 1 heterocycles. The van der Waals surface area contributed by atoms with E-state index < -0.39 is 5.97 Å². The number of carboxylic acid groups (broad SMARTS) is 1. The molecule has 6 heteroatoms. The van der Waals surface area contributed by atoms with Crippen LogP contribution in [0, 0.1) is 17.8 Å². The number of hydrogen-bond acceptors (Lipinski definition) is 4. The van der Waals surface area contributed by atoms with Crippen molar-refractivity contribution in [3.05, 3.63) is 15.8 Å². The molecule has 3 fully saturated rings. The summed E-state index contributed by atoms with van der Waals surface area (Å²) in [6.07, 6.45) is 11.0. The first-order chi connectivity index (χ1) is 15.3. The number of aromatic carboxylic acids is 1. The molecule has 3 aliphatic rings. The molecule has 32 heavy (non-hydrogen) atoms. The molecule has 4 rings (SSSR count). The standard InChI is InChI=1S/C26H39NO4S/c1-16-3-7-18(8-4-16)23-15-22(24(32-23)26(30)31)27(20-11-13-21(28)14-12-20)25(29)19-9-5-17(2)6-10-19/h15-21,28H,3-14H2,1-2H3,(H,30,31)/t16-,17-,18+,19-,20-,21-. The van der Waals surface area contributed by atoms with Gasteiger partial charge in [-0.05, 0) is 88.0 Å². The van der Waals surface area contributed by atoms with E-state index in [1.54, 1.807) is 0 Å². The maximum atomic E-state index is 13.9. The van der Waals surface area contributed by atoms with Crippen molar-refractivity contribution in [2.45, 2.75) is 109 Å². The van der Waals surface area contributed by atoms with Gasteiger partial charge in [-0.1, -0.05) is 26.7 Å². The van der Waals surface area contributed by atoms with Gasteiger partial charge in [-0.25, -0.2) is 4.79 Å². The van der Waals surface area contributed by atoms with Gasteiger partial charge in [0.15, 0.2) is 0 Å². The zero-order valence-electron chi connectivity index (χ0n) is 19.6. The molecule has 0 aliphatic heterocycles. The Morgan fingerprint density at radius 2 is 1.44 bits per heavy atom. The smallest absolute Gasteiger partial charge is 0.348 e. The molecule has 3 aliphatic carbocycles. The maximum absolute atomic E-state index is 13.9. The second kappa shape index (κ2) is 10.3. The Kier molecular flexibility index (Phi) is 7.61. The maximum Gasteiger partial charge on any atom is 0.348 e. The fraction of sp³-hybridized carbons (Fsp3) is 0.769. The van der Waals surface area contributed by atoms with Gasteiger partial charge in [0.25, 0.3) is 0 Å². The average Bonchev–Trinajstić information content (AvgIpc) is 3.21. The second-order valence-electron chi connectivity index (χ2n) is 10.8. The van der Waals surface area contributed by atoms with E-state index in [4.69, 9.17) is 0 Å². The molecule has 1 aromatic heterocycles. The molecule has 0 unspecified atom stereocenters. The minimum absolute atomic E-state index is 0.0152. The van der Waals surface area contributed by atoms with E-state index in [0.717, 1.165) is 62.2 Å². The molecule has 0 spiro atoms. The Balaban J connectivity index is 1.66. The molecule has 0 aromatic carbocycles. The van der Waals surface area contributed by atoms with E-state index >= 15 is 0 Å². The van der Waals surface area contributed by atoms with Gasteiger partial charge in [0.1, 0.15) is 4.88 Å². The van der Waals surface area contributed by atoms with Crippen molar-refractivity contribution in [2.24, 2.45) is 17.8 Å². The Labute approximate surface area is 196 Å². The summed E-state index contributed by atoms with van der Waals surface area (Å²) in [5.41, 5.74) is 0.626. The predicted octanol–water partition coefficient (Wildman–Crippen LogP) is 6.20. The number of hydrogen-bond donors (Lipinski definition) is 2. The van der Waals surface area contributed by atoms with Gasteiger partial charge >= 0.3 is 5.97 Å². The fourth-order valence-corrected chi connectivity index (χ4v) is 7.15. The van der Waals surface area contributed by atoms with E-state index in [2.05, 4.69) is 13.8 Å². The van der Waals surface area contributed by atoms with Crippen LogP contribution in [-0.2, 0) is 4.79 Å². The summed E-state index contributed by atoms with van der Waals surface area (Å²) in [4.78, 5) is 29.5. The van der Waals surface area contributed by atoms with Gasteiger partial charge in [-0.2, -0.15) is 0 Å². The SMILES string of the molecule is C[C@H]1CC[C@H](C(=O)N(c2cc([C@H]3CC[C@@H](C)CC3)sc2C(=O)O)[C@H]2CC[C@H](O)CC2)CC1. The van der Waals surface area contributed by atoms with Gasteiger partial charge in [0, 0.05) is 16.8 Å². The van der Waals surface area contributed by atoms with Crippen molar-refractivity contribution < 1.29 is 19.8 Å². The zero-order valence-corrected chi connectivity index (χ0v) is 20.4. The van der Waals surface area contributed by atoms with Crippen LogP contribution in [0.3, 0.4) is 0 Å². The first kappa shape index (κ1) is 23.7. The lowest BCUT2D eigenvalue weighted by molar-refractivity contribution is -0.124. The Morgan fingerprint density at radius 1 is 0.875 bits per heavy atom. The minimum atomic E-state index is -0.925. The normalized spacial score (nSPS) is 33.6. The Hall–Kier alpha value is -1.40. The number of aliphatic hydroxyl groups is 1. The van der Waals surface area contributed by atoms with Gasteiger partial charge in [-0.15, -0.1) is 11.3 Å². The molecular weight excluding hydrogens is 422 g/mol. The number of carboxylic acids is 1. The van der Waals surface area contributed by atoms with Gasteiger partial charge < -0.3 is 15.1 Å². The van der Waals surface area contributed by atoms with Crippen LogP contribution in [0.4, 0.5) is 5.69 Å². The van der Waals surface area contributed by atoms with E-state index in [1.165, 1.54) is 24.2 Å². The van der Waals surface area contributed by atoms with E-state index in [1.807, 2.05) is 11.0 Å². The molecule has 0 radical (unpaired) electrons. The highest BCUT2D eigenvalue weighted by molar-refractivity contribution is 7.14. The Morgan fingerprint density at radius 3 is 2.00 bits per heavy atom. The number of anilines is 1. The third kappa shape index (κ3) is 5.22. The second-order valence-corrected chi connectivity index (χ2v) is 11.8. The molecule has 178 valence electrons. The molecule has 0 atom stereocenters. The number of aliphatic hydroxyl groups excluding tert-OH is 1. The molecule has 0 bridgehead atoms. The van der Waals surface area contributed by atoms with Crippen molar-refractivity contribution in [1.82, 2.24) is 0 Å². The molecule has 1 amide bonds. The van der Waals surface area contributed by atoms with E-state index in [0.29, 0.717) is 35.2 Å². The van der Waals surface area contributed by atoms with Crippen LogP contribution in [0.25, 0.3) is 0 Å². The topological polar surface area (TPSA) is 77.8 Å². The number of carbonyl (C=O) groups is 2. The highest BCUT2D eigenvalue weighted by Crippen LogP contribution is 2.44. The van der Waals surface area contributed by atoms with E-state index in [9.17, 15) is 19.8 Å². The number of rotatable bonds is 5. The average molecular weight is 462 g/mol. The quantitative estimate of drug-likeness (QED) is 0.547. The van der Waals surface area contributed by atoms with Gasteiger partial charge in [0.05, 0.1) is 11.8 Å². The summed E-state index contributed by atoms with van der Waals surface area (Å²) in [5, 5.41) is 20.1. The van der Waals surface area contributed by atoms with Crippen LogP contribution in [0.1, 0.15) is 111 Å². The Bertz CT molecular complexity index is 797. The predicted molar refractivity (Wildman–Crippen MR) is 129 cm³/mol. The molecule has 0 saturated heterocycles. The summed E-state index contributed by atoms with van der Waals surface area (Å²) < 4.78 is 0. The highest BCUT2D eigenvalue weighted by Gasteiger charge is 2.38. The third-order valence-electron chi connectivity index (χ3n) is 8.24. The number of amides is 1. The van der Waals surface area contributed by atoms with Gasteiger partial charge in [0.2, 0.25) is 5.91 Å². The van der Waals surface area contributed by atoms with Crippen LogP contribution < -0.4 is 4.90 Å². The molecule has 1 aromatic rings. The van der Waals surface area contributed by atoms with Crippen molar-refractivity contribution in [3.8, 4) is 0 Å². The number of carbonyl (C=O) groups excluding carboxylic acids is 1. The summed E-state index contributed by atoms with van der Waals surface area (Å²) in [6, 6.07) is 2.03. The van der Waals surface area contributed by atoms with Crippen LogP contribution in [0.2, 0.25) is 0 Å². The van der Waals surface area contributed by atoms with Crippen LogP contribution in [-0.4, -0.2) is 34.2 Å². The lowest BCUT2D eigenvalue weighted by Gasteiger charge is -2.38. The zero-order chi connectivity index (χ0) is 22.8. The van der Waals surface area contributed by atoms with Gasteiger partial charge in [-0.3, -0.25) is 4.79 Å². The van der Waals surface area contributed by atoms with Crippen LogP contribution >= 0.6 is 11.3 Å². The van der Waals surface area contributed by atoms with Crippen molar-refractivity contribution in [3.63, 3.8) is 0 Å². The lowest BCUT2D eigenvalue weighted by Crippen LogP contribution is -2.47. The molecule has 5 nitrogen and oxygen atoms in total. The monoisotopic (exact) mass is 461 g/mol. The number of nitrogens with zero attached hydrogens (tertiary/aromatic N) is 1. The first-order valence-electron chi connectivity index (χ1n) is 12.7.